The summed E-state index contributed by atoms with van der Waals surface area (Å²) < 4.78 is 6.74. The van der Waals surface area contributed by atoms with Crippen molar-refractivity contribution in [2.24, 2.45) is 0 Å². The highest BCUT2D eigenvalue weighted by atomic mass is 16.5. The van der Waals surface area contributed by atoms with E-state index >= 15 is 0 Å². The molecule has 16 heavy (non-hydrogen) atoms. The summed E-state index contributed by atoms with van der Waals surface area (Å²) in [4.78, 5) is 19.1. The molecule has 0 atom stereocenters. The molecule has 2 heterocycles. The number of aryl methyl sites for hydroxylation is 1. The highest BCUT2D eigenvalue weighted by Gasteiger charge is 2.16. The molecular formula is C10H11N3O3. The van der Waals surface area contributed by atoms with E-state index in [1.807, 2.05) is 11.5 Å². The Morgan fingerprint density at radius 3 is 2.94 bits per heavy atom. The van der Waals surface area contributed by atoms with Crippen molar-refractivity contribution in [2.75, 3.05) is 7.11 Å². The lowest BCUT2D eigenvalue weighted by atomic mass is 10.2. The minimum absolute atomic E-state index is 0.0465. The highest BCUT2D eigenvalue weighted by molar-refractivity contribution is 5.93. The zero-order chi connectivity index (χ0) is 11.7. The molecule has 84 valence electrons. The summed E-state index contributed by atoms with van der Waals surface area (Å²) in [7, 11) is 1.39. The monoisotopic (exact) mass is 221 g/mol. The molecule has 0 saturated heterocycles. The SMILES string of the molecule is CCn1cnc2nc(OC)c(C(=O)O)cc21. The van der Waals surface area contributed by atoms with E-state index in [4.69, 9.17) is 9.84 Å². The number of hydrogen-bond donors (Lipinski definition) is 1. The van der Waals surface area contributed by atoms with Gasteiger partial charge in [0.15, 0.2) is 5.65 Å². The zero-order valence-corrected chi connectivity index (χ0v) is 8.97. The molecule has 0 fully saturated rings. The van der Waals surface area contributed by atoms with E-state index in [9.17, 15) is 4.79 Å². The zero-order valence-electron chi connectivity index (χ0n) is 8.97. The van der Waals surface area contributed by atoms with Crippen LogP contribution in [0, 0.1) is 0 Å². The minimum atomic E-state index is -1.06. The summed E-state index contributed by atoms with van der Waals surface area (Å²) in [5.41, 5.74) is 1.23. The van der Waals surface area contributed by atoms with Gasteiger partial charge in [0.05, 0.1) is 19.0 Å². The Morgan fingerprint density at radius 2 is 2.38 bits per heavy atom. The van der Waals surface area contributed by atoms with Crippen molar-refractivity contribution in [1.82, 2.24) is 14.5 Å². The van der Waals surface area contributed by atoms with Crippen LogP contribution in [0.1, 0.15) is 17.3 Å². The van der Waals surface area contributed by atoms with Crippen LogP contribution in [0.4, 0.5) is 0 Å². The van der Waals surface area contributed by atoms with Gasteiger partial charge in [-0.2, -0.15) is 4.98 Å². The molecule has 0 saturated carbocycles. The van der Waals surface area contributed by atoms with Crippen molar-refractivity contribution in [3.05, 3.63) is 18.0 Å². The Kier molecular flexibility index (Phi) is 2.47. The van der Waals surface area contributed by atoms with Crippen LogP contribution in [0.15, 0.2) is 12.4 Å². The Labute approximate surface area is 91.5 Å². The molecule has 0 amide bonds. The minimum Gasteiger partial charge on any atom is -0.480 e. The first-order chi connectivity index (χ1) is 7.67. The van der Waals surface area contributed by atoms with Crippen LogP contribution in [0.3, 0.4) is 0 Å². The first-order valence-corrected chi connectivity index (χ1v) is 4.80. The molecule has 0 unspecified atom stereocenters. The van der Waals surface area contributed by atoms with E-state index in [0.717, 1.165) is 0 Å². The number of pyridine rings is 1. The van der Waals surface area contributed by atoms with Gasteiger partial charge in [-0.25, -0.2) is 9.78 Å². The summed E-state index contributed by atoms with van der Waals surface area (Å²) in [5.74, 6) is -0.976. The van der Waals surface area contributed by atoms with Gasteiger partial charge in [0.2, 0.25) is 5.88 Å². The van der Waals surface area contributed by atoms with Crippen LogP contribution in [-0.2, 0) is 6.54 Å². The number of carboxylic acids is 1. The molecule has 0 aliphatic heterocycles. The Bertz CT molecular complexity index is 547. The molecule has 0 aliphatic rings. The molecule has 2 aromatic rings. The number of methoxy groups -OCH3 is 1. The number of aromatic carboxylic acids is 1. The van der Waals surface area contributed by atoms with Crippen LogP contribution in [0.5, 0.6) is 5.88 Å². The van der Waals surface area contributed by atoms with Crippen LogP contribution < -0.4 is 4.74 Å². The van der Waals surface area contributed by atoms with Crippen molar-refractivity contribution in [3.8, 4) is 5.88 Å². The normalized spacial score (nSPS) is 10.6. The number of carbonyl (C=O) groups is 1. The van der Waals surface area contributed by atoms with E-state index < -0.39 is 5.97 Å². The second kappa shape index (κ2) is 3.80. The number of ether oxygens (including phenoxy) is 1. The fourth-order valence-corrected chi connectivity index (χ4v) is 1.53. The van der Waals surface area contributed by atoms with Crippen molar-refractivity contribution in [3.63, 3.8) is 0 Å². The number of imidazole rings is 1. The summed E-state index contributed by atoms with van der Waals surface area (Å²) >= 11 is 0. The number of carboxylic acid groups (broad SMARTS) is 1. The topological polar surface area (TPSA) is 77.2 Å². The third kappa shape index (κ3) is 1.48. The molecule has 0 radical (unpaired) electrons. The van der Waals surface area contributed by atoms with Crippen molar-refractivity contribution in [1.29, 1.82) is 0 Å². The molecule has 0 spiro atoms. The average Bonchev–Trinajstić information content (AvgIpc) is 2.68. The predicted octanol–water partition coefficient (Wildman–Crippen LogP) is 1.16. The molecule has 6 nitrogen and oxygen atoms in total. The number of nitrogens with zero attached hydrogens (tertiary/aromatic N) is 3. The van der Waals surface area contributed by atoms with Gasteiger partial charge >= 0.3 is 5.97 Å². The van der Waals surface area contributed by atoms with Crippen molar-refractivity contribution < 1.29 is 14.6 Å². The molecule has 0 bridgehead atoms. The van der Waals surface area contributed by atoms with Gasteiger partial charge < -0.3 is 14.4 Å². The molecule has 2 rings (SSSR count). The predicted molar refractivity (Wildman–Crippen MR) is 56.7 cm³/mol. The first-order valence-electron chi connectivity index (χ1n) is 4.80. The van der Waals surface area contributed by atoms with E-state index in [2.05, 4.69) is 9.97 Å². The third-order valence-corrected chi connectivity index (χ3v) is 2.34. The fraction of sp³-hybridized carbons (Fsp3) is 0.300. The van der Waals surface area contributed by atoms with E-state index in [1.165, 1.54) is 13.2 Å². The van der Waals surface area contributed by atoms with E-state index in [1.54, 1.807) is 6.33 Å². The Balaban J connectivity index is 2.73. The van der Waals surface area contributed by atoms with Gasteiger partial charge in [0.1, 0.15) is 5.56 Å². The first kappa shape index (κ1) is 10.4. The average molecular weight is 221 g/mol. The maximum Gasteiger partial charge on any atom is 0.341 e. The number of aromatic nitrogens is 3. The number of hydrogen-bond acceptors (Lipinski definition) is 4. The maximum atomic E-state index is 11.0. The van der Waals surface area contributed by atoms with Gasteiger partial charge in [0.25, 0.3) is 0 Å². The van der Waals surface area contributed by atoms with Gasteiger partial charge in [-0.05, 0) is 13.0 Å². The highest BCUT2D eigenvalue weighted by Crippen LogP contribution is 2.21. The lowest BCUT2D eigenvalue weighted by Crippen LogP contribution is -2.03. The molecule has 1 N–H and O–H groups in total. The van der Waals surface area contributed by atoms with Crippen LogP contribution in [0.2, 0.25) is 0 Å². The second-order valence-corrected chi connectivity index (χ2v) is 3.22. The maximum absolute atomic E-state index is 11.0. The fourth-order valence-electron chi connectivity index (χ4n) is 1.53. The molecule has 0 aliphatic carbocycles. The summed E-state index contributed by atoms with van der Waals surface area (Å²) in [5, 5.41) is 9.01. The van der Waals surface area contributed by atoms with Crippen molar-refractivity contribution in [2.45, 2.75) is 13.5 Å². The standard InChI is InChI=1S/C10H11N3O3/c1-3-13-5-11-8-7(13)4-6(10(14)15)9(12-8)16-2/h4-5H,3H2,1-2H3,(H,14,15). The van der Waals surface area contributed by atoms with Crippen LogP contribution >= 0.6 is 0 Å². The van der Waals surface area contributed by atoms with Gasteiger partial charge in [-0.15, -0.1) is 0 Å². The third-order valence-electron chi connectivity index (χ3n) is 2.34. The lowest BCUT2D eigenvalue weighted by Gasteiger charge is -2.04. The molecule has 6 heteroatoms. The van der Waals surface area contributed by atoms with Gasteiger partial charge in [-0.3, -0.25) is 0 Å². The van der Waals surface area contributed by atoms with Gasteiger partial charge in [0, 0.05) is 6.54 Å². The Hall–Kier alpha value is -2.11. The molecule has 0 aromatic carbocycles. The van der Waals surface area contributed by atoms with E-state index in [0.29, 0.717) is 17.7 Å². The molecular weight excluding hydrogens is 210 g/mol. The van der Waals surface area contributed by atoms with Crippen LogP contribution in [0.25, 0.3) is 11.2 Å². The summed E-state index contributed by atoms with van der Waals surface area (Å²) in [6.45, 7) is 2.66. The Morgan fingerprint density at radius 1 is 1.62 bits per heavy atom. The molecule has 2 aromatic heterocycles. The summed E-state index contributed by atoms with van der Waals surface area (Å²) in [6, 6.07) is 1.53. The van der Waals surface area contributed by atoms with Crippen LogP contribution in [-0.4, -0.2) is 32.7 Å². The second-order valence-electron chi connectivity index (χ2n) is 3.22. The smallest absolute Gasteiger partial charge is 0.341 e. The van der Waals surface area contributed by atoms with Crippen molar-refractivity contribution >= 4 is 17.1 Å². The largest absolute Gasteiger partial charge is 0.480 e. The lowest BCUT2D eigenvalue weighted by molar-refractivity contribution is 0.0692. The quantitative estimate of drug-likeness (QED) is 0.841. The van der Waals surface area contributed by atoms with Gasteiger partial charge in [-0.1, -0.05) is 0 Å². The summed E-state index contributed by atoms with van der Waals surface area (Å²) in [6.07, 6.45) is 1.63. The number of rotatable bonds is 3. The number of fused-ring (bicyclic) bond motifs is 1. The van der Waals surface area contributed by atoms with E-state index in [-0.39, 0.29) is 11.4 Å².